The van der Waals surface area contributed by atoms with Gasteiger partial charge in [0.15, 0.2) is 0 Å². The van der Waals surface area contributed by atoms with Crippen molar-refractivity contribution in [1.82, 2.24) is 4.98 Å². The molecule has 0 saturated carbocycles. The minimum atomic E-state index is 0.785. The zero-order valence-electron chi connectivity index (χ0n) is 11.3. The molecule has 0 unspecified atom stereocenters. The van der Waals surface area contributed by atoms with Crippen molar-refractivity contribution in [2.75, 3.05) is 11.6 Å². The minimum absolute atomic E-state index is 0.785. The summed E-state index contributed by atoms with van der Waals surface area (Å²) in [4.78, 5) is 5.76. The van der Waals surface area contributed by atoms with Crippen LogP contribution in [0.4, 0.5) is 5.69 Å². The summed E-state index contributed by atoms with van der Waals surface area (Å²) in [5.41, 5.74) is 3.43. The molecule has 0 bridgehead atoms. The van der Waals surface area contributed by atoms with E-state index in [-0.39, 0.29) is 0 Å². The van der Waals surface area contributed by atoms with Gasteiger partial charge in [0.05, 0.1) is 5.52 Å². The van der Waals surface area contributed by atoms with Crippen LogP contribution < -0.4 is 5.32 Å². The number of hydrogen-bond acceptors (Lipinski definition) is 3. The Hall–Kier alpha value is -2.00. The molecule has 3 rings (SSSR count). The van der Waals surface area contributed by atoms with Crippen LogP contribution in [-0.2, 0) is 6.54 Å². The first kappa shape index (κ1) is 13.0. The molecule has 0 aliphatic rings. The van der Waals surface area contributed by atoms with E-state index in [1.807, 2.05) is 12.3 Å². The van der Waals surface area contributed by atoms with Crippen molar-refractivity contribution in [3.63, 3.8) is 0 Å². The summed E-state index contributed by atoms with van der Waals surface area (Å²) in [7, 11) is 0. The summed E-state index contributed by atoms with van der Waals surface area (Å²) in [5.74, 6) is 0. The van der Waals surface area contributed by atoms with Gasteiger partial charge in [0.1, 0.15) is 0 Å². The molecule has 2 aromatic carbocycles. The second-order valence-corrected chi connectivity index (χ2v) is 5.45. The average molecular weight is 280 g/mol. The van der Waals surface area contributed by atoms with Crippen molar-refractivity contribution in [2.45, 2.75) is 11.4 Å². The first-order chi connectivity index (χ1) is 9.86. The predicted molar refractivity (Wildman–Crippen MR) is 87.3 cm³/mol. The first-order valence-corrected chi connectivity index (χ1v) is 7.80. The number of thioether (sulfide) groups is 1. The lowest BCUT2D eigenvalue weighted by Gasteiger charge is -2.09. The number of benzene rings is 2. The molecule has 0 saturated heterocycles. The maximum atomic E-state index is 4.48. The third-order valence-corrected chi connectivity index (χ3v) is 4.03. The molecule has 0 aliphatic heterocycles. The lowest BCUT2D eigenvalue weighted by Crippen LogP contribution is -2.00. The second-order valence-electron chi connectivity index (χ2n) is 4.57. The van der Waals surface area contributed by atoms with Crippen LogP contribution in [0.3, 0.4) is 0 Å². The van der Waals surface area contributed by atoms with E-state index in [9.17, 15) is 0 Å². The van der Waals surface area contributed by atoms with Gasteiger partial charge in [0, 0.05) is 28.7 Å². The Morgan fingerprint density at radius 2 is 1.80 bits per heavy atom. The van der Waals surface area contributed by atoms with Gasteiger partial charge >= 0.3 is 0 Å². The van der Waals surface area contributed by atoms with Crippen molar-refractivity contribution in [3.8, 4) is 0 Å². The molecule has 1 aromatic heterocycles. The standard InChI is InChI=1S/C17H16N2S/c1-20-16-9-7-15(8-10-16)19-12-14-5-2-4-13-6-3-11-18-17(13)14/h2-11,19H,12H2,1H3. The minimum Gasteiger partial charge on any atom is -0.381 e. The highest BCUT2D eigenvalue weighted by molar-refractivity contribution is 7.98. The zero-order chi connectivity index (χ0) is 13.8. The van der Waals surface area contributed by atoms with Crippen molar-refractivity contribution < 1.29 is 0 Å². The summed E-state index contributed by atoms with van der Waals surface area (Å²) >= 11 is 1.76. The third-order valence-electron chi connectivity index (χ3n) is 3.29. The Balaban J connectivity index is 1.79. The first-order valence-electron chi connectivity index (χ1n) is 6.57. The number of nitrogens with zero attached hydrogens (tertiary/aromatic N) is 1. The van der Waals surface area contributed by atoms with Crippen LogP contribution in [0.5, 0.6) is 0 Å². The number of pyridine rings is 1. The van der Waals surface area contributed by atoms with Crippen LogP contribution in [0.2, 0.25) is 0 Å². The topological polar surface area (TPSA) is 24.9 Å². The van der Waals surface area contributed by atoms with Crippen LogP contribution >= 0.6 is 11.8 Å². The Bertz CT molecular complexity index is 702. The number of hydrogen-bond donors (Lipinski definition) is 1. The van der Waals surface area contributed by atoms with Gasteiger partial charge in [-0.25, -0.2) is 0 Å². The van der Waals surface area contributed by atoms with Gasteiger partial charge in [-0.1, -0.05) is 24.3 Å². The SMILES string of the molecule is CSc1ccc(NCc2cccc3cccnc23)cc1. The Morgan fingerprint density at radius 3 is 2.60 bits per heavy atom. The molecular formula is C17H16N2S. The van der Waals surface area contributed by atoms with Crippen molar-refractivity contribution in [2.24, 2.45) is 0 Å². The molecule has 1 heterocycles. The highest BCUT2D eigenvalue weighted by atomic mass is 32.2. The molecule has 3 heteroatoms. The largest absolute Gasteiger partial charge is 0.381 e. The van der Waals surface area contributed by atoms with Crippen LogP contribution in [0.25, 0.3) is 10.9 Å². The molecule has 0 fully saturated rings. The van der Waals surface area contributed by atoms with Crippen LogP contribution in [-0.4, -0.2) is 11.2 Å². The number of rotatable bonds is 4. The third kappa shape index (κ3) is 2.78. The molecule has 0 spiro atoms. The van der Waals surface area contributed by atoms with Crippen LogP contribution in [0.15, 0.2) is 65.7 Å². The quantitative estimate of drug-likeness (QED) is 0.709. The normalized spacial score (nSPS) is 10.7. The number of fused-ring (bicyclic) bond motifs is 1. The van der Waals surface area contributed by atoms with Gasteiger partial charge in [0.25, 0.3) is 0 Å². The van der Waals surface area contributed by atoms with E-state index in [0.717, 1.165) is 17.7 Å². The van der Waals surface area contributed by atoms with E-state index in [1.54, 1.807) is 11.8 Å². The number of aromatic nitrogens is 1. The molecule has 0 radical (unpaired) electrons. The molecule has 0 atom stereocenters. The molecule has 1 N–H and O–H groups in total. The maximum absolute atomic E-state index is 4.48. The van der Waals surface area contributed by atoms with E-state index in [0.29, 0.717) is 0 Å². The van der Waals surface area contributed by atoms with E-state index in [4.69, 9.17) is 0 Å². The van der Waals surface area contributed by atoms with E-state index in [2.05, 4.69) is 65.1 Å². The molecular weight excluding hydrogens is 264 g/mol. The highest BCUT2D eigenvalue weighted by Gasteiger charge is 2.01. The van der Waals surface area contributed by atoms with Crippen molar-refractivity contribution in [1.29, 1.82) is 0 Å². The number of para-hydroxylation sites is 1. The Kier molecular flexibility index (Phi) is 3.88. The van der Waals surface area contributed by atoms with Gasteiger partial charge in [0.2, 0.25) is 0 Å². The predicted octanol–water partition coefficient (Wildman–Crippen LogP) is 4.57. The molecule has 100 valence electrons. The van der Waals surface area contributed by atoms with Gasteiger partial charge in [-0.2, -0.15) is 0 Å². The summed E-state index contributed by atoms with van der Waals surface area (Å²) in [6, 6.07) is 18.9. The number of anilines is 1. The highest BCUT2D eigenvalue weighted by Crippen LogP contribution is 2.20. The summed E-state index contributed by atoms with van der Waals surface area (Å²) in [6.07, 6.45) is 3.93. The van der Waals surface area contributed by atoms with Crippen LogP contribution in [0.1, 0.15) is 5.56 Å². The van der Waals surface area contributed by atoms with E-state index in [1.165, 1.54) is 15.8 Å². The fourth-order valence-electron chi connectivity index (χ4n) is 2.22. The van der Waals surface area contributed by atoms with Gasteiger partial charge in [-0.15, -0.1) is 11.8 Å². The van der Waals surface area contributed by atoms with Crippen LogP contribution in [0, 0.1) is 0 Å². The fourth-order valence-corrected chi connectivity index (χ4v) is 2.62. The molecule has 20 heavy (non-hydrogen) atoms. The second kappa shape index (κ2) is 5.97. The Morgan fingerprint density at radius 1 is 1.00 bits per heavy atom. The summed E-state index contributed by atoms with van der Waals surface area (Å²) in [6.45, 7) is 0.785. The lowest BCUT2D eigenvalue weighted by atomic mass is 10.1. The fraction of sp³-hybridized carbons (Fsp3) is 0.118. The van der Waals surface area contributed by atoms with Gasteiger partial charge in [-0.3, -0.25) is 4.98 Å². The lowest BCUT2D eigenvalue weighted by molar-refractivity contribution is 1.15. The zero-order valence-corrected chi connectivity index (χ0v) is 12.2. The summed E-state index contributed by atoms with van der Waals surface area (Å²) < 4.78 is 0. The molecule has 0 amide bonds. The molecule has 2 nitrogen and oxygen atoms in total. The molecule has 3 aromatic rings. The van der Waals surface area contributed by atoms with Gasteiger partial charge in [-0.05, 0) is 42.2 Å². The van der Waals surface area contributed by atoms with E-state index >= 15 is 0 Å². The summed E-state index contributed by atoms with van der Waals surface area (Å²) in [5, 5.41) is 4.64. The monoisotopic (exact) mass is 280 g/mol. The number of nitrogens with one attached hydrogen (secondary N) is 1. The smallest absolute Gasteiger partial charge is 0.0751 e. The maximum Gasteiger partial charge on any atom is 0.0751 e. The van der Waals surface area contributed by atoms with Crippen molar-refractivity contribution in [3.05, 3.63) is 66.4 Å². The van der Waals surface area contributed by atoms with E-state index < -0.39 is 0 Å². The Labute approximate surface area is 123 Å². The average Bonchev–Trinajstić information content (AvgIpc) is 2.53. The van der Waals surface area contributed by atoms with Gasteiger partial charge < -0.3 is 5.32 Å². The molecule has 0 aliphatic carbocycles. The van der Waals surface area contributed by atoms with Crippen molar-refractivity contribution >= 4 is 28.4 Å².